The van der Waals surface area contributed by atoms with Crippen molar-refractivity contribution in [2.24, 2.45) is 5.92 Å². The summed E-state index contributed by atoms with van der Waals surface area (Å²) >= 11 is 0. The van der Waals surface area contributed by atoms with Crippen LogP contribution in [0.3, 0.4) is 0 Å². The fourth-order valence-electron chi connectivity index (χ4n) is 3.58. The van der Waals surface area contributed by atoms with Gasteiger partial charge in [0.15, 0.2) is 0 Å². The maximum Gasteiger partial charge on any atom is 0.304 e. The fourth-order valence-corrected chi connectivity index (χ4v) is 3.58. The zero-order chi connectivity index (χ0) is 15.2. The largest absolute Gasteiger partial charge is 0.481 e. The van der Waals surface area contributed by atoms with Gasteiger partial charge in [0.1, 0.15) is 0 Å². The van der Waals surface area contributed by atoms with Gasteiger partial charge in [-0.3, -0.25) is 9.69 Å². The quantitative estimate of drug-likeness (QED) is 0.808. The Morgan fingerprint density at radius 1 is 1.10 bits per heavy atom. The number of hydrogen-bond donors (Lipinski definition) is 1. The highest BCUT2D eigenvalue weighted by atomic mass is 16.5. The molecule has 0 unspecified atom stereocenters. The summed E-state index contributed by atoms with van der Waals surface area (Å²) in [4.78, 5) is 15.4. The van der Waals surface area contributed by atoms with E-state index in [0.29, 0.717) is 18.8 Å². The molecule has 21 heavy (non-hydrogen) atoms. The Labute approximate surface area is 128 Å². The predicted octanol–water partition coefficient (Wildman–Crippen LogP) is 1.67. The molecule has 0 amide bonds. The first-order chi connectivity index (χ1) is 10.0. The molecule has 0 aromatic heterocycles. The number of carboxylic acid groups (broad SMARTS) is 1. The maximum absolute atomic E-state index is 10.6. The summed E-state index contributed by atoms with van der Waals surface area (Å²) in [6, 6.07) is 0. The Bertz CT molecular complexity index is 319. The van der Waals surface area contributed by atoms with Crippen LogP contribution >= 0.6 is 0 Å². The Kier molecular flexibility index (Phi) is 6.45. The van der Waals surface area contributed by atoms with Crippen molar-refractivity contribution in [2.45, 2.75) is 51.7 Å². The van der Waals surface area contributed by atoms with Gasteiger partial charge in [0.05, 0.1) is 18.6 Å². The summed E-state index contributed by atoms with van der Waals surface area (Å²) in [5.74, 6) is 0.118. The van der Waals surface area contributed by atoms with E-state index in [1.54, 1.807) is 0 Å². The molecule has 0 spiro atoms. The molecule has 2 aliphatic heterocycles. The van der Waals surface area contributed by atoms with Gasteiger partial charge in [-0.25, -0.2) is 0 Å². The molecule has 0 aromatic rings. The second kappa shape index (κ2) is 8.11. The zero-order valence-electron chi connectivity index (χ0n) is 13.5. The molecular formula is C16H30N2O3. The number of rotatable bonds is 6. The lowest BCUT2D eigenvalue weighted by Gasteiger charge is -2.37. The minimum Gasteiger partial charge on any atom is -0.481 e. The molecular weight excluding hydrogens is 268 g/mol. The van der Waals surface area contributed by atoms with E-state index >= 15 is 0 Å². The summed E-state index contributed by atoms with van der Waals surface area (Å²) in [5, 5.41) is 8.72. The van der Waals surface area contributed by atoms with Gasteiger partial charge in [-0.2, -0.15) is 0 Å². The molecule has 2 saturated heterocycles. The normalized spacial score (nSPS) is 29.6. The third-order valence-electron chi connectivity index (χ3n) is 4.70. The summed E-state index contributed by atoms with van der Waals surface area (Å²) in [5.41, 5.74) is 0. The van der Waals surface area contributed by atoms with Gasteiger partial charge in [0.2, 0.25) is 0 Å². The monoisotopic (exact) mass is 298 g/mol. The van der Waals surface area contributed by atoms with Crippen LogP contribution in [0.4, 0.5) is 0 Å². The van der Waals surface area contributed by atoms with Crippen LogP contribution in [0.5, 0.6) is 0 Å². The van der Waals surface area contributed by atoms with E-state index in [0.717, 1.165) is 32.1 Å². The van der Waals surface area contributed by atoms with Crippen LogP contribution in [-0.2, 0) is 9.53 Å². The lowest BCUT2D eigenvalue weighted by molar-refractivity contribution is -0.137. The highest BCUT2D eigenvalue weighted by molar-refractivity contribution is 5.66. The van der Waals surface area contributed by atoms with Gasteiger partial charge in [0.25, 0.3) is 0 Å². The Hall–Kier alpha value is -0.650. The molecule has 2 atom stereocenters. The van der Waals surface area contributed by atoms with E-state index in [1.807, 2.05) is 0 Å². The molecule has 2 aliphatic rings. The second-order valence-electron chi connectivity index (χ2n) is 6.73. The van der Waals surface area contributed by atoms with Crippen molar-refractivity contribution in [3.63, 3.8) is 0 Å². The Morgan fingerprint density at radius 3 is 2.29 bits per heavy atom. The number of ether oxygens (including phenoxy) is 1. The number of carboxylic acids is 1. The van der Waals surface area contributed by atoms with Crippen LogP contribution in [0, 0.1) is 5.92 Å². The molecule has 0 saturated carbocycles. The number of likely N-dealkylation sites (tertiary alicyclic amines) is 1. The van der Waals surface area contributed by atoms with Crippen molar-refractivity contribution in [3.8, 4) is 0 Å². The summed E-state index contributed by atoms with van der Waals surface area (Å²) < 4.78 is 5.77. The van der Waals surface area contributed by atoms with Crippen LogP contribution in [0.2, 0.25) is 0 Å². The molecule has 0 bridgehead atoms. The van der Waals surface area contributed by atoms with E-state index in [2.05, 4.69) is 23.6 Å². The summed E-state index contributed by atoms with van der Waals surface area (Å²) in [6.07, 6.45) is 4.68. The van der Waals surface area contributed by atoms with Gasteiger partial charge in [-0.15, -0.1) is 0 Å². The first kappa shape index (κ1) is 16.7. The van der Waals surface area contributed by atoms with Gasteiger partial charge < -0.3 is 14.7 Å². The van der Waals surface area contributed by atoms with Crippen molar-refractivity contribution < 1.29 is 14.6 Å². The first-order valence-corrected chi connectivity index (χ1v) is 8.35. The van der Waals surface area contributed by atoms with E-state index in [9.17, 15) is 4.79 Å². The van der Waals surface area contributed by atoms with E-state index in [4.69, 9.17) is 9.84 Å². The lowest BCUT2D eigenvalue weighted by atomic mass is 9.93. The highest BCUT2D eigenvalue weighted by Gasteiger charge is 2.24. The standard InChI is InChI=1S/C16H30N2O3/c1-13-11-18(12-14(2)21-13)9-5-15-3-7-17(8-4-15)10-6-16(19)20/h13-15H,3-12H2,1-2H3,(H,19,20)/t13-,14+. The minimum absolute atomic E-state index is 0.272. The van der Waals surface area contributed by atoms with E-state index in [1.165, 1.54) is 25.8 Å². The van der Waals surface area contributed by atoms with Gasteiger partial charge in [-0.05, 0) is 58.7 Å². The Balaban J connectivity index is 1.61. The van der Waals surface area contributed by atoms with E-state index < -0.39 is 5.97 Å². The number of carbonyl (C=O) groups is 1. The molecule has 2 fully saturated rings. The molecule has 0 radical (unpaired) electrons. The van der Waals surface area contributed by atoms with Crippen molar-refractivity contribution in [1.29, 1.82) is 0 Å². The van der Waals surface area contributed by atoms with Crippen LogP contribution in [0.25, 0.3) is 0 Å². The van der Waals surface area contributed by atoms with Gasteiger partial charge >= 0.3 is 5.97 Å². The second-order valence-corrected chi connectivity index (χ2v) is 6.73. The number of aliphatic carboxylic acids is 1. The van der Waals surface area contributed by atoms with Crippen LogP contribution < -0.4 is 0 Å². The third-order valence-corrected chi connectivity index (χ3v) is 4.70. The summed E-state index contributed by atoms with van der Waals surface area (Å²) in [7, 11) is 0. The predicted molar refractivity (Wildman–Crippen MR) is 82.5 cm³/mol. The smallest absolute Gasteiger partial charge is 0.304 e. The van der Waals surface area contributed by atoms with Crippen molar-refractivity contribution >= 4 is 5.97 Å². The molecule has 5 heteroatoms. The minimum atomic E-state index is -0.687. The van der Waals surface area contributed by atoms with Crippen molar-refractivity contribution in [1.82, 2.24) is 9.80 Å². The van der Waals surface area contributed by atoms with Gasteiger partial charge in [0, 0.05) is 19.6 Å². The topological polar surface area (TPSA) is 53.0 Å². The molecule has 122 valence electrons. The number of piperidine rings is 1. The van der Waals surface area contributed by atoms with Crippen molar-refractivity contribution in [3.05, 3.63) is 0 Å². The molecule has 5 nitrogen and oxygen atoms in total. The molecule has 2 rings (SSSR count). The summed E-state index contributed by atoms with van der Waals surface area (Å²) in [6.45, 7) is 10.4. The average molecular weight is 298 g/mol. The zero-order valence-corrected chi connectivity index (χ0v) is 13.5. The molecule has 0 aromatic carbocycles. The van der Waals surface area contributed by atoms with Crippen LogP contribution in [0.15, 0.2) is 0 Å². The molecule has 2 heterocycles. The number of hydrogen-bond acceptors (Lipinski definition) is 4. The third kappa shape index (κ3) is 5.93. The van der Waals surface area contributed by atoms with E-state index in [-0.39, 0.29) is 6.42 Å². The SMILES string of the molecule is C[C@@H]1CN(CCC2CCN(CCC(=O)O)CC2)C[C@H](C)O1. The van der Waals surface area contributed by atoms with Crippen LogP contribution in [0.1, 0.15) is 39.5 Å². The number of nitrogens with zero attached hydrogens (tertiary/aromatic N) is 2. The van der Waals surface area contributed by atoms with Crippen molar-refractivity contribution in [2.75, 3.05) is 39.3 Å². The van der Waals surface area contributed by atoms with Gasteiger partial charge in [-0.1, -0.05) is 0 Å². The highest BCUT2D eigenvalue weighted by Crippen LogP contribution is 2.22. The number of morpholine rings is 1. The lowest BCUT2D eigenvalue weighted by Crippen LogP contribution is -2.46. The Morgan fingerprint density at radius 2 is 1.71 bits per heavy atom. The molecule has 1 N–H and O–H groups in total. The maximum atomic E-state index is 10.6. The average Bonchev–Trinajstić information content (AvgIpc) is 2.43. The van der Waals surface area contributed by atoms with Crippen LogP contribution in [-0.4, -0.2) is 72.4 Å². The first-order valence-electron chi connectivity index (χ1n) is 8.35. The molecule has 0 aliphatic carbocycles. The fraction of sp³-hybridized carbons (Fsp3) is 0.938.